The Bertz CT molecular complexity index is 693. The molecule has 0 aliphatic rings. The minimum atomic E-state index is -0.286. The highest BCUT2D eigenvalue weighted by Gasteiger charge is 2.05. The molecule has 0 radical (unpaired) electrons. The van der Waals surface area contributed by atoms with Crippen LogP contribution >= 0.6 is 0 Å². The first kappa shape index (κ1) is 15.8. The molecule has 2 rings (SSSR count). The van der Waals surface area contributed by atoms with Gasteiger partial charge in [-0.1, -0.05) is 36.4 Å². The summed E-state index contributed by atoms with van der Waals surface area (Å²) >= 11 is 0. The molecule has 2 aromatic carbocycles. The van der Waals surface area contributed by atoms with Crippen LogP contribution in [0.2, 0.25) is 0 Å². The fourth-order valence-electron chi connectivity index (χ4n) is 1.96. The zero-order chi connectivity index (χ0) is 15.9. The summed E-state index contributed by atoms with van der Waals surface area (Å²) in [6, 6.07) is 13.6. The van der Waals surface area contributed by atoms with Gasteiger partial charge in [0.25, 0.3) is 5.91 Å². The summed E-state index contributed by atoms with van der Waals surface area (Å²) < 4.78 is 5.52. The topological polar surface area (TPSA) is 50.7 Å². The number of hydrazone groups is 1. The van der Waals surface area contributed by atoms with Crippen molar-refractivity contribution in [3.8, 4) is 5.75 Å². The zero-order valence-electron chi connectivity index (χ0n) is 13.1. The van der Waals surface area contributed by atoms with E-state index in [-0.39, 0.29) is 12.5 Å². The van der Waals surface area contributed by atoms with Gasteiger partial charge in [-0.25, -0.2) is 5.43 Å². The van der Waals surface area contributed by atoms with Crippen molar-refractivity contribution >= 4 is 12.1 Å². The minimum absolute atomic E-state index is 0.0601. The molecule has 22 heavy (non-hydrogen) atoms. The predicted octanol–water partition coefficient (Wildman–Crippen LogP) is 3.14. The Kier molecular flexibility index (Phi) is 5.31. The summed E-state index contributed by atoms with van der Waals surface area (Å²) in [5.41, 5.74) is 6.72. The normalized spacial score (nSPS) is 10.7. The van der Waals surface area contributed by atoms with Crippen LogP contribution in [0.1, 0.15) is 22.3 Å². The third-order valence-corrected chi connectivity index (χ3v) is 3.50. The number of nitrogens with one attached hydrogen (secondary N) is 1. The van der Waals surface area contributed by atoms with Crippen molar-refractivity contribution in [2.45, 2.75) is 20.8 Å². The molecular weight excluding hydrogens is 276 g/mol. The third kappa shape index (κ3) is 4.19. The Morgan fingerprint density at radius 1 is 1.09 bits per heavy atom. The summed E-state index contributed by atoms with van der Waals surface area (Å²) in [6.07, 6.45) is 1.63. The highest BCUT2D eigenvalue weighted by molar-refractivity contribution is 5.84. The fourth-order valence-corrected chi connectivity index (χ4v) is 1.96. The van der Waals surface area contributed by atoms with E-state index in [4.69, 9.17) is 4.74 Å². The van der Waals surface area contributed by atoms with Gasteiger partial charge in [0.2, 0.25) is 0 Å². The zero-order valence-corrected chi connectivity index (χ0v) is 13.1. The molecule has 0 bridgehead atoms. The number of carbonyl (C=O) groups excluding carboxylic acids is 1. The van der Waals surface area contributed by atoms with Gasteiger partial charge in [0, 0.05) is 0 Å². The van der Waals surface area contributed by atoms with E-state index in [1.54, 1.807) is 6.21 Å². The number of ether oxygens (including phenoxy) is 1. The molecule has 0 aliphatic heterocycles. The van der Waals surface area contributed by atoms with Crippen LogP contribution < -0.4 is 10.2 Å². The molecule has 0 unspecified atom stereocenters. The molecule has 0 saturated heterocycles. The Hall–Kier alpha value is -2.62. The van der Waals surface area contributed by atoms with E-state index in [2.05, 4.69) is 10.5 Å². The number of benzene rings is 2. The summed E-state index contributed by atoms with van der Waals surface area (Å²) in [5, 5.41) is 3.95. The van der Waals surface area contributed by atoms with Crippen molar-refractivity contribution in [3.63, 3.8) is 0 Å². The molecule has 4 nitrogen and oxygen atoms in total. The molecule has 0 spiro atoms. The number of nitrogens with zero attached hydrogens (tertiary/aromatic N) is 1. The first-order chi connectivity index (χ1) is 10.6. The number of amides is 1. The molecule has 0 saturated carbocycles. The standard InChI is InChI=1S/C18H20N2O2/c1-13-8-6-10-17(15(13)3)22-12-18(21)20-19-11-16-9-5-4-7-14(16)2/h4-11H,12H2,1-3H3,(H,20,21)/b19-11+. The van der Waals surface area contributed by atoms with Gasteiger partial charge >= 0.3 is 0 Å². The fraction of sp³-hybridized carbons (Fsp3) is 0.222. The van der Waals surface area contributed by atoms with E-state index in [0.29, 0.717) is 0 Å². The lowest BCUT2D eigenvalue weighted by Crippen LogP contribution is -2.24. The maximum absolute atomic E-state index is 11.7. The monoisotopic (exact) mass is 296 g/mol. The van der Waals surface area contributed by atoms with Gasteiger partial charge in [-0.15, -0.1) is 0 Å². The number of aryl methyl sites for hydroxylation is 2. The van der Waals surface area contributed by atoms with E-state index < -0.39 is 0 Å². The lowest BCUT2D eigenvalue weighted by atomic mass is 10.1. The maximum Gasteiger partial charge on any atom is 0.277 e. The van der Waals surface area contributed by atoms with Crippen LogP contribution in [0.3, 0.4) is 0 Å². The van der Waals surface area contributed by atoms with Crippen LogP contribution in [0.5, 0.6) is 5.75 Å². The molecule has 0 fully saturated rings. The molecule has 0 aliphatic carbocycles. The van der Waals surface area contributed by atoms with Crippen LogP contribution in [0.4, 0.5) is 0 Å². The lowest BCUT2D eigenvalue weighted by molar-refractivity contribution is -0.123. The quantitative estimate of drug-likeness (QED) is 0.680. The van der Waals surface area contributed by atoms with Gasteiger partial charge in [-0.2, -0.15) is 5.10 Å². The van der Waals surface area contributed by atoms with Gasteiger partial charge < -0.3 is 4.74 Å². The number of rotatable bonds is 5. The van der Waals surface area contributed by atoms with Gasteiger partial charge in [0.1, 0.15) is 5.75 Å². The van der Waals surface area contributed by atoms with E-state index in [9.17, 15) is 4.79 Å². The highest BCUT2D eigenvalue weighted by atomic mass is 16.5. The molecule has 114 valence electrons. The lowest BCUT2D eigenvalue weighted by Gasteiger charge is -2.09. The molecule has 0 aromatic heterocycles. The predicted molar refractivity (Wildman–Crippen MR) is 88.3 cm³/mol. The SMILES string of the molecule is Cc1ccccc1/C=N/NC(=O)COc1cccc(C)c1C. The third-order valence-electron chi connectivity index (χ3n) is 3.50. The Morgan fingerprint density at radius 3 is 2.59 bits per heavy atom. The second kappa shape index (κ2) is 7.41. The van der Waals surface area contributed by atoms with Gasteiger partial charge in [-0.05, 0) is 49.1 Å². The number of hydrogen-bond acceptors (Lipinski definition) is 3. The van der Waals surface area contributed by atoms with Crippen LogP contribution in [-0.2, 0) is 4.79 Å². The van der Waals surface area contributed by atoms with Gasteiger partial charge in [0.15, 0.2) is 6.61 Å². The summed E-state index contributed by atoms with van der Waals surface area (Å²) in [5.74, 6) is 0.434. The molecule has 4 heteroatoms. The van der Waals surface area contributed by atoms with Crippen molar-refractivity contribution in [2.24, 2.45) is 5.10 Å². The molecule has 0 heterocycles. The van der Waals surface area contributed by atoms with Crippen LogP contribution in [0.25, 0.3) is 0 Å². The maximum atomic E-state index is 11.7. The second-order valence-corrected chi connectivity index (χ2v) is 5.14. The number of carbonyl (C=O) groups is 1. The van der Waals surface area contributed by atoms with E-state index >= 15 is 0 Å². The first-order valence-corrected chi connectivity index (χ1v) is 7.14. The van der Waals surface area contributed by atoms with Crippen molar-refractivity contribution < 1.29 is 9.53 Å². The smallest absolute Gasteiger partial charge is 0.277 e. The van der Waals surface area contributed by atoms with E-state index in [1.165, 1.54) is 0 Å². The summed E-state index contributed by atoms with van der Waals surface area (Å²) in [4.78, 5) is 11.7. The van der Waals surface area contributed by atoms with Crippen LogP contribution in [-0.4, -0.2) is 18.7 Å². The first-order valence-electron chi connectivity index (χ1n) is 7.14. The van der Waals surface area contributed by atoms with Crippen LogP contribution in [0, 0.1) is 20.8 Å². The Labute approximate surface area is 130 Å². The molecular formula is C18H20N2O2. The molecule has 1 N–H and O–H groups in total. The molecule has 2 aromatic rings. The van der Waals surface area contributed by atoms with Gasteiger partial charge in [-0.3, -0.25) is 4.79 Å². The van der Waals surface area contributed by atoms with E-state index in [0.717, 1.165) is 28.0 Å². The van der Waals surface area contributed by atoms with Crippen molar-refractivity contribution in [1.82, 2.24) is 5.43 Å². The van der Waals surface area contributed by atoms with Crippen molar-refractivity contribution in [2.75, 3.05) is 6.61 Å². The Morgan fingerprint density at radius 2 is 1.82 bits per heavy atom. The summed E-state index contributed by atoms with van der Waals surface area (Å²) in [7, 11) is 0. The highest BCUT2D eigenvalue weighted by Crippen LogP contribution is 2.20. The van der Waals surface area contributed by atoms with Crippen molar-refractivity contribution in [3.05, 3.63) is 64.7 Å². The summed E-state index contributed by atoms with van der Waals surface area (Å²) in [6.45, 7) is 5.91. The van der Waals surface area contributed by atoms with Crippen molar-refractivity contribution in [1.29, 1.82) is 0 Å². The second-order valence-electron chi connectivity index (χ2n) is 5.14. The Balaban J connectivity index is 1.86. The average molecular weight is 296 g/mol. The largest absolute Gasteiger partial charge is 0.483 e. The molecule has 1 amide bonds. The average Bonchev–Trinajstić information content (AvgIpc) is 2.51. The van der Waals surface area contributed by atoms with Gasteiger partial charge in [0.05, 0.1) is 6.21 Å². The molecule has 0 atom stereocenters. The van der Waals surface area contributed by atoms with Crippen LogP contribution in [0.15, 0.2) is 47.6 Å². The minimum Gasteiger partial charge on any atom is -0.483 e. The number of hydrogen-bond donors (Lipinski definition) is 1. The van der Waals surface area contributed by atoms with E-state index in [1.807, 2.05) is 63.2 Å².